The molecular formula is C16H23BrN2O. The van der Waals surface area contributed by atoms with Gasteiger partial charge in [-0.2, -0.15) is 0 Å². The summed E-state index contributed by atoms with van der Waals surface area (Å²) in [5.74, 6) is 0.231. The Kier molecular flexibility index (Phi) is 5.22. The van der Waals surface area contributed by atoms with E-state index < -0.39 is 0 Å². The number of carbonyl (C=O) groups excluding carboxylic acids is 1. The van der Waals surface area contributed by atoms with Gasteiger partial charge >= 0.3 is 0 Å². The first-order valence-electron chi connectivity index (χ1n) is 7.25. The van der Waals surface area contributed by atoms with Crippen LogP contribution in [-0.4, -0.2) is 36.5 Å². The zero-order valence-electron chi connectivity index (χ0n) is 12.3. The van der Waals surface area contributed by atoms with Crippen LogP contribution in [0.2, 0.25) is 0 Å². The van der Waals surface area contributed by atoms with Crippen LogP contribution in [0.15, 0.2) is 28.7 Å². The van der Waals surface area contributed by atoms with Gasteiger partial charge in [-0.3, -0.25) is 4.79 Å². The van der Waals surface area contributed by atoms with Crippen LogP contribution in [0.4, 0.5) is 0 Å². The minimum Gasteiger partial charge on any atom is -0.336 e. The molecule has 1 amide bonds. The van der Waals surface area contributed by atoms with Gasteiger partial charge in [-0.15, -0.1) is 0 Å². The topological polar surface area (TPSA) is 32.3 Å². The lowest BCUT2D eigenvalue weighted by atomic mass is 9.87. The van der Waals surface area contributed by atoms with Crippen molar-refractivity contribution in [2.24, 2.45) is 0 Å². The van der Waals surface area contributed by atoms with Crippen molar-refractivity contribution in [2.75, 3.05) is 20.1 Å². The van der Waals surface area contributed by atoms with Crippen LogP contribution >= 0.6 is 15.9 Å². The fourth-order valence-electron chi connectivity index (χ4n) is 3.07. The van der Waals surface area contributed by atoms with Gasteiger partial charge in [-0.25, -0.2) is 0 Å². The second-order valence-electron chi connectivity index (χ2n) is 5.80. The number of hydrogen-bond acceptors (Lipinski definition) is 2. The molecular weight excluding hydrogens is 316 g/mol. The summed E-state index contributed by atoms with van der Waals surface area (Å²) in [6.45, 7) is 3.93. The molecule has 0 aliphatic carbocycles. The van der Waals surface area contributed by atoms with E-state index in [4.69, 9.17) is 0 Å². The number of carbonyl (C=O) groups is 1. The zero-order valence-corrected chi connectivity index (χ0v) is 13.9. The van der Waals surface area contributed by atoms with Crippen LogP contribution in [0, 0.1) is 0 Å². The Labute approximate surface area is 129 Å². The first-order chi connectivity index (χ1) is 9.57. The second-order valence-corrected chi connectivity index (χ2v) is 6.65. The molecule has 4 heteroatoms. The van der Waals surface area contributed by atoms with Crippen molar-refractivity contribution in [3.05, 3.63) is 34.3 Å². The highest BCUT2D eigenvalue weighted by Crippen LogP contribution is 2.28. The minimum absolute atomic E-state index is 0.0503. The molecule has 1 aliphatic heterocycles. The van der Waals surface area contributed by atoms with E-state index in [-0.39, 0.29) is 11.4 Å². The van der Waals surface area contributed by atoms with Gasteiger partial charge in [0.15, 0.2) is 0 Å². The Morgan fingerprint density at radius 3 is 2.85 bits per heavy atom. The number of piperidine rings is 1. The molecule has 0 saturated carbocycles. The Bertz CT molecular complexity index is 473. The number of likely N-dealkylation sites (N-methyl/N-ethyl adjacent to an activating group) is 1. The summed E-state index contributed by atoms with van der Waals surface area (Å²) in [5, 5.41) is 3.23. The fourth-order valence-corrected chi connectivity index (χ4v) is 3.50. The lowest BCUT2D eigenvalue weighted by Gasteiger charge is -2.45. The van der Waals surface area contributed by atoms with E-state index in [0.29, 0.717) is 6.42 Å². The highest BCUT2D eigenvalue weighted by molar-refractivity contribution is 9.10. The second kappa shape index (κ2) is 6.72. The molecule has 1 unspecified atom stereocenters. The van der Waals surface area contributed by atoms with Crippen molar-refractivity contribution < 1.29 is 4.79 Å². The van der Waals surface area contributed by atoms with E-state index in [0.717, 1.165) is 36.0 Å². The Morgan fingerprint density at radius 2 is 2.15 bits per heavy atom. The van der Waals surface area contributed by atoms with Gasteiger partial charge in [-0.1, -0.05) is 34.1 Å². The van der Waals surface area contributed by atoms with Crippen LogP contribution in [0.5, 0.6) is 0 Å². The number of likely N-dealkylation sites (tertiary alicyclic amines) is 1. The van der Waals surface area contributed by atoms with E-state index in [1.165, 1.54) is 6.42 Å². The standard InChI is InChI=1S/C16H23BrN2O/c1-16(12-18-2)9-5-6-10-19(16)15(20)11-13-7-3-4-8-14(13)17/h3-4,7-8,18H,5-6,9-12H2,1-2H3. The average Bonchev–Trinajstić information content (AvgIpc) is 2.41. The molecule has 1 atom stereocenters. The molecule has 1 aromatic rings. The van der Waals surface area contributed by atoms with Gasteiger partial charge < -0.3 is 10.2 Å². The lowest BCUT2D eigenvalue weighted by Crippen LogP contribution is -2.57. The number of hydrogen-bond donors (Lipinski definition) is 1. The van der Waals surface area contributed by atoms with Crippen LogP contribution in [-0.2, 0) is 11.2 Å². The number of benzene rings is 1. The Morgan fingerprint density at radius 1 is 1.40 bits per heavy atom. The van der Waals surface area contributed by atoms with Gasteiger partial charge in [-0.05, 0) is 44.9 Å². The van der Waals surface area contributed by atoms with Crippen LogP contribution in [0.1, 0.15) is 31.7 Å². The van der Waals surface area contributed by atoms with E-state index in [1.54, 1.807) is 0 Å². The summed E-state index contributed by atoms with van der Waals surface area (Å²) in [6, 6.07) is 7.97. The fraction of sp³-hybridized carbons (Fsp3) is 0.562. The maximum absolute atomic E-state index is 12.7. The molecule has 110 valence electrons. The number of nitrogens with one attached hydrogen (secondary N) is 1. The summed E-state index contributed by atoms with van der Waals surface area (Å²) >= 11 is 3.52. The molecule has 0 aromatic heterocycles. The molecule has 1 saturated heterocycles. The first-order valence-corrected chi connectivity index (χ1v) is 8.04. The maximum atomic E-state index is 12.7. The van der Waals surface area contributed by atoms with E-state index >= 15 is 0 Å². The van der Waals surface area contributed by atoms with Crippen LogP contribution in [0.3, 0.4) is 0 Å². The average molecular weight is 339 g/mol. The Balaban J connectivity index is 2.12. The van der Waals surface area contributed by atoms with E-state index in [9.17, 15) is 4.79 Å². The van der Waals surface area contributed by atoms with Crippen molar-refractivity contribution in [1.29, 1.82) is 0 Å². The third kappa shape index (κ3) is 3.41. The number of nitrogens with zero attached hydrogens (tertiary/aromatic N) is 1. The largest absolute Gasteiger partial charge is 0.336 e. The Hall–Kier alpha value is -0.870. The summed E-state index contributed by atoms with van der Waals surface area (Å²) in [7, 11) is 1.95. The molecule has 3 nitrogen and oxygen atoms in total. The van der Waals surface area contributed by atoms with Gasteiger partial charge in [0.25, 0.3) is 0 Å². The van der Waals surface area contributed by atoms with Crippen molar-refractivity contribution in [2.45, 2.75) is 38.1 Å². The molecule has 1 N–H and O–H groups in total. The number of amides is 1. The van der Waals surface area contributed by atoms with Crippen molar-refractivity contribution in [3.8, 4) is 0 Å². The normalized spacial score (nSPS) is 22.9. The van der Waals surface area contributed by atoms with E-state index in [2.05, 4.69) is 33.1 Å². The molecule has 1 fully saturated rings. The molecule has 1 aromatic carbocycles. The molecule has 2 rings (SSSR count). The molecule has 20 heavy (non-hydrogen) atoms. The quantitative estimate of drug-likeness (QED) is 0.915. The highest BCUT2D eigenvalue weighted by atomic mass is 79.9. The highest BCUT2D eigenvalue weighted by Gasteiger charge is 2.36. The lowest BCUT2D eigenvalue weighted by molar-refractivity contribution is -0.138. The third-order valence-electron chi connectivity index (χ3n) is 4.16. The van der Waals surface area contributed by atoms with Crippen molar-refractivity contribution in [3.63, 3.8) is 0 Å². The van der Waals surface area contributed by atoms with Crippen LogP contribution in [0.25, 0.3) is 0 Å². The maximum Gasteiger partial charge on any atom is 0.227 e. The predicted molar refractivity (Wildman–Crippen MR) is 85.7 cm³/mol. The molecule has 0 bridgehead atoms. The number of halogens is 1. The summed E-state index contributed by atoms with van der Waals surface area (Å²) in [5.41, 5.74) is 1.01. The third-order valence-corrected chi connectivity index (χ3v) is 4.93. The zero-order chi connectivity index (χ0) is 14.6. The van der Waals surface area contributed by atoms with Gasteiger partial charge in [0.05, 0.1) is 12.0 Å². The van der Waals surface area contributed by atoms with Crippen molar-refractivity contribution >= 4 is 21.8 Å². The van der Waals surface area contributed by atoms with Gasteiger partial charge in [0.1, 0.15) is 0 Å². The van der Waals surface area contributed by atoms with Gasteiger partial charge in [0, 0.05) is 17.6 Å². The SMILES string of the molecule is CNCC1(C)CCCCN1C(=O)Cc1ccccc1Br. The van der Waals surface area contributed by atoms with Crippen LogP contribution < -0.4 is 5.32 Å². The predicted octanol–water partition coefficient (Wildman–Crippen LogP) is 2.98. The molecule has 1 aliphatic rings. The smallest absolute Gasteiger partial charge is 0.227 e. The summed E-state index contributed by atoms with van der Waals surface area (Å²) < 4.78 is 1.01. The number of rotatable bonds is 4. The molecule has 0 spiro atoms. The summed E-state index contributed by atoms with van der Waals surface area (Å²) in [4.78, 5) is 14.8. The molecule has 0 radical (unpaired) electrons. The summed E-state index contributed by atoms with van der Waals surface area (Å²) in [6.07, 6.45) is 3.87. The van der Waals surface area contributed by atoms with E-state index in [1.807, 2.05) is 31.3 Å². The van der Waals surface area contributed by atoms with Gasteiger partial charge in [0.2, 0.25) is 5.91 Å². The van der Waals surface area contributed by atoms with Crippen molar-refractivity contribution in [1.82, 2.24) is 10.2 Å². The minimum atomic E-state index is -0.0503. The monoisotopic (exact) mass is 338 g/mol. The first kappa shape index (κ1) is 15.5. The molecule has 1 heterocycles.